The van der Waals surface area contributed by atoms with Gasteiger partial charge in [0.25, 0.3) is 0 Å². The van der Waals surface area contributed by atoms with Crippen LogP contribution in [0, 0.1) is 12.8 Å². The fourth-order valence-electron chi connectivity index (χ4n) is 1.91. The lowest BCUT2D eigenvalue weighted by molar-refractivity contribution is 0.117. The highest BCUT2D eigenvalue weighted by atomic mass is 79.9. The predicted molar refractivity (Wildman–Crippen MR) is 70.1 cm³/mol. The third-order valence-electron chi connectivity index (χ3n) is 2.89. The fourth-order valence-corrected chi connectivity index (χ4v) is 2.39. The maximum Gasteiger partial charge on any atom is 0.414 e. The van der Waals surface area contributed by atoms with Gasteiger partial charge in [0.2, 0.25) is 0 Å². The average molecular weight is 299 g/mol. The van der Waals surface area contributed by atoms with Crippen molar-refractivity contribution in [3.8, 4) is 0 Å². The Hall–Kier alpha value is -1.07. The average Bonchev–Trinajstić information content (AvgIpc) is 2.30. The summed E-state index contributed by atoms with van der Waals surface area (Å²) in [5.41, 5.74) is 7.55. The van der Waals surface area contributed by atoms with Crippen LogP contribution < -0.4 is 10.6 Å². The summed E-state index contributed by atoms with van der Waals surface area (Å²) in [6, 6.07) is 5.82. The molecular formula is C12H15BrN2O2. The molecule has 1 unspecified atom stereocenters. The van der Waals surface area contributed by atoms with Gasteiger partial charge in [0.15, 0.2) is 0 Å². The summed E-state index contributed by atoms with van der Waals surface area (Å²) in [7, 11) is 0. The normalized spacial score (nSPS) is 20.3. The van der Waals surface area contributed by atoms with Gasteiger partial charge in [0, 0.05) is 23.5 Å². The molecule has 1 aromatic rings. The van der Waals surface area contributed by atoms with Gasteiger partial charge in [-0.25, -0.2) is 4.79 Å². The molecule has 2 N–H and O–H groups in total. The summed E-state index contributed by atoms with van der Waals surface area (Å²) in [6.45, 7) is 3.54. The molecule has 1 aliphatic heterocycles. The van der Waals surface area contributed by atoms with Gasteiger partial charge in [-0.1, -0.05) is 15.9 Å². The van der Waals surface area contributed by atoms with Crippen molar-refractivity contribution in [3.63, 3.8) is 0 Å². The fraction of sp³-hybridized carbons (Fsp3) is 0.417. The molecule has 0 bridgehead atoms. The molecule has 0 aliphatic carbocycles. The summed E-state index contributed by atoms with van der Waals surface area (Å²) in [4.78, 5) is 13.4. The van der Waals surface area contributed by atoms with Gasteiger partial charge in [-0.15, -0.1) is 0 Å². The van der Waals surface area contributed by atoms with E-state index >= 15 is 0 Å². The van der Waals surface area contributed by atoms with Crippen LogP contribution in [0.4, 0.5) is 10.5 Å². The number of amides is 1. The molecule has 1 atom stereocenters. The van der Waals surface area contributed by atoms with Crippen molar-refractivity contribution >= 4 is 27.7 Å². The molecule has 1 fully saturated rings. The van der Waals surface area contributed by atoms with E-state index in [1.807, 2.05) is 25.1 Å². The zero-order valence-corrected chi connectivity index (χ0v) is 11.2. The van der Waals surface area contributed by atoms with Gasteiger partial charge in [-0.05, 0) is 30.7 Å². The van der Waals surface area contributed by atoms with E-state index < -0.39 is 0 Å². The number of ether oxygens (including phenoxy) is 1. The molecule has 0 aromatic heterocycles. The number of hydrogen-bond acceptors (Lipinski definition) is 3. The number of rotatable bonds is 2. The zero-order valence-electron chi connectivity index (χ0n) is 9.65. The van der Waals surface area contributed by atoms with Gasteiger partial charge in [-0.3, -0.25) is 4.90 Å². The number of carbonyl (C=O) groups is 1. The lowest BCUT2D eigenvalue weighted by Crippen LogP contribution is -2.45. The molecule has 1 saturated heterocycles. The molecule has 17 heavy (non-hydrogen) atoms. The van der Waals surface area contributed by atoms with Crippen LogP contribution in [0.25, 0.3) is 0 Å². The summed E-state index contributed by atoms with van der Waals surface area (Å²) >= 11 is 3.41. The number of cyclic esters (lactones) is 1. The number of halogens is 1. The first-order valence-corrected chi connectivity index (χ1v) is 6.31. The standard InChI is InChI=1S/C12H15BrN2O2/c1-8-4-10(13)2-3-11(8)15-6-9(5-14)7-17-12(15)16/h2-4,9H,5-7,14H2,1H3. The molecule has 0 saturated carbocycles. The van der Waals surface area contributed by atoms with E-state index in [0.29, 0.717) is 19.7 Å². The van der Waals surface area contributed by atoms with Gasteiger partial charge >= 0.3 is 6.09 Å². The zero-order chi connectivity index (χ0) is 12.4. The number of hydrogen-bond donors (Lipinski definition) is 1. The minimum absolute atomic E-state index is 0.204. The smallest absolute Gasteiger partial charge is 0.414 e. The van der Waals surface area contributed by atoms with Gasteiger partial charge in [-0.2, -0.15) is 0 Å². The van der Waals surface area contributed by atoms with Crippen molar-refractivity contribution in [2.45, 2.75) is 6.92 Å². The summed E-state index contributed by atoms with van der Waals surface area (Å²) in [6.07, 6.45) is -0.292. The van der Waals surface area contributed by atoms with Gasteiger partial charge < -0.3 is 10.5 Å². The van der Waals surface area contributed by atoms with Crippen molar-refractivity contribution in [3.05, 3.63) is 28.2 Å². The van der Waals surface area contributed by atoms with E-state index in [0.717, 1.165) is 15.7 Å². The first-order chi connectivity index (χ1) is 8.11. The molecule has 5 heteroatoms. The second-order valence-electron chi connectivity index (χ2n) is 4.22. The number of nitrogens with two attached hydrogens (primary N) is 1. The van der Waals surface area contributed by atoms with Crippen molar-refractivity contribution in [1.29, 1.82) is 0 Å². The first-order valence-electron chi connectivity index (χ1n) is 5.52. The minimum Gasteiger partial charge on any atom is -0.449 e. The Kier molecular flexibility index (Phi) is 3.69. The highest BCUT2D eigenvalue weighted by molar-refractivity contribution is 9.10. The lowest BCUT2D eigenvalue weighted by atomic mass is 10.1. The third kappa shape index (κ3) is 2.61. The van der Waals surface area contributed by atoms with Crippen LogP contribution in [-0.2, 0) is 4.74 Å². The second kappa shape index (κ2) is 5.06. The molecule has 92 valence electrons. The van der Waals surface area contributed by atoms with Crippen LogP contribution in [0.5, 0.6) is 0 Å². The number of nitrogens with zero attached hydrogens (tertiary/aromatic N) is 1. The number of carbonyl (C=O) groups excluding carboxylic acids is 1. The third-order valence-corrected chi connectivity index (χ3v) is 3.38. The maximum absolute atomic E-state index is 11.7. The number of aryl methyl sites for hydroxylation is 1. The van der Waals surface area contributed by atoms with Crippen LogP contribution in [0.3, 0.4) is 0 Å². The maximum atomic E-state index is 11.7. The minimum atomic E-state index is -0.292. The molecule has 1 aromatic carbocycles. The largest absolute Gasteiger partial charge is 0.449 e. The second-order valence-corrected chi connectivity index (χ2v) is 5.14. The highest BCUT2D eigenvalue weighted by Gasteiger charge is 2.28. The number of benzene rings is 1. The van der Waals surface area contributed by atoms with Crippen LogP contribution in [-0.4, -0.2) is 25.8 Å². The summed E-state index contributed by atoms with van der Waals surface area (Å²) in [5.74, 6) is 0.204. The van der Waals surface area contributed by atoms with E-state index in [9.17, 15) is 4.79 Å². The van der Waals surface area contributed by atoms with E-state index in [2.05, 4.69) is 15.9 Å². The van der Waals surface area contributed by atoms with Crippen LogP contribution >= 0.6 is 15.9 Å². The predicted octanol–water partition coefficient (Wildman–Crippen LogP) is 2.29. The Morgan fingerprint density at radius 1 is 1.59 bits per heavy atom. The molecular weight excluding hydrogens is 284 g/mol. The van der Waals surface area contributed by atoms with Crippen LogP contribution in [0.15, 0.2) is 22.7 Å². The topological polar surface area (TPSA) is 55.6 Å². The highest BCUT2D eigenvalue weighted by Crippen LogP contribution is 2.26. The van der Waals surface area contributed by atoms with Crippen LogP contribution in [0.1, 0.15) is 5.56 Å². The Balaban J connectivity index is 2.27. The van der Waals surface area contributed by atoms with Gasteiger partial charge in [0.1, 0.15) is 0 Å². The lowest BCUT2D eigenvalue weighted by Gasteiger charge is -2.32. The van der Waals surface area contributed by atoms with Crippen molar-refractivity contribution in [1.82, 2.24) is 0 Å². The monoisotopic (exact) mass is 298 g/mol. The molecule has 1 heterocycles. The van der Waals surface area contributed by atoms with Gasteiger partial charge in [0.05, 0.1) is 12.3 Å². The molecule has 1 amide bonds. The molecule has 4 nitrogen and oxygen atoms in total. The molecule has 2 rings (SSSR count). The molecule has 0 radical (unpaired) electrons. The van der Waals surface area contributed by atoms with Crippen LogP contribution in [0.2, 0.25) is 0 Å². The Bertz CT molecular complexity index is 437. The SMILES string of the molecule is Cc1cc(Br)ccc1N1CC(CN)COC1=O. The summed E-state index contributed by atoms with van der Waals surface area (Å²) in [5, 5.41) is 0. The van der Waals surface area contributed by atoms with Crippen molar-refractivity contribution in [2.24, 2.45) is 11.7 Å². The van der Waals surface area contributed by atoms with E-state index in [4.69, 9.17) is 10.5 Å². The molecule has 1 aliphatic rings. The van der Waals surface area contributed by atoms with Crippen molar-refractivity contribution < 1.29 is 9.53 Å². The summed E-state index contributed by atoms with van der Waals surface area (Å²) < 4.78 is 6.13. The Morgan fingerprint density at radius 2 is 2.35 bits per heavy atom. The van der Waals surface area contributed by atoms with E-state index in [1.165, 1.54) is 0 Å². The quantitative estimate of drug-likeness (QED) is 0.911. The number of anilines is 1. The first kappa shape index (κ1) is 12.4. The Labute approximate surface area is 109 Å². The van der Waals surface area contributed by atoms with E-state index in [1.54, 1.807) is 4.90 Å². The van der Waals surface area contributed by atoms with Crippen molar-refractivity contribution in [2.75, 3.05) is 24.6 Å². The Morgan fingerprint density at radius 3 is 3.00 bits per heavy atom. The van der Waals surface area contributed by atoms with E-state index in [-0.39, 0.29) is 12.0 Å². The molecule has 0 spiro atoms.